The smallest absolute Gasteiger partial charge is 0.251 e. The highest BCUT2D eigenvalue weighted by molar-refractivity contribution is 6.30. The molecule has 3 aromatic carbocycles. The number of unbranched alkanes of at least 4 members (excludes halogenated alkanes) is 1. The first-order chi connectivity index (χ1) is 25.1. The molecular weight excluding hydrogens is 680 g/mol. The number of aromatic nitrogens is 7. The zero-order valence-corrected chi connectivity index (χ0v) is 29.8. The maximum Gasteiger partial charge on any atom is 0.251 e. The molecule has 6 aromatic rings. The largest absolute Gasteiger partial charge is 0.485 e. The Labute approximate surface area is 305 Å². The number of aliphatic hydroxyl groups excluding tert-OH is 2. The fraction of sp³-hybridized carbons (Fsp3) is 0.282. The van der Waals surface area contributed by atoms with Crippen LogP contribution in [0.3, 0.4) is 0 Å². The summed E-state index contributed by atoms with van der Waals surface area (Å²) in [5, 5.41) is 44.4. The average Bonchev–Trinajstić information content (AvgIpc) is 3.80. The summed E-state index contributed by atoms with van der Waals surface area (Å²) in [5.74, 6) is 2.06. The first-order valence-corrected chi connectivity index (χ1v) is 17.4. The normalized spacial score (nSPS) is 15.9. The number of hydrogen-bond donors (Lipinski definition) is 3. The van der Waals surface area contributed by atoms with Crippen molar-refractivity contribution in [3.63, 3.8) is 0 Å². The Hall–Kier alpha value is -5.61. The molecule has 0 saturated heterocycles. The van der Waals surface area contributed by atoms with Gasteiger partial charge in [0.05, 0.1) is 30.0 Å². The topological polar surface area (TPSA) is 168 Å². The Bertz CT molecular complexity index is 2240. The van der Waals surface area contributed by atoms with Gasteiger partial charge < -0.3 is 24.1 Å². The fourth-order valence-corrected chi connectivity index (χ4v) is 6.61. The van der Waals surface area contributed by atoms with E-state index in [4.69, 9.17) is 21.6 Å². The van der Waals surface area contributed by atoms with Gasteiger partial charge in [-0.1, -0.05) is 79.5 Å². The molecule has 7 rings (SSSR count). The van der Waals surface area contributed by atoms with Crippen molar-refractivity contribution < 1.29 is 14.9 Å². The first-order valence-electron chi connectivity index (χ1n) is 17.0. The Morgan fingerprint density at radius 2 is 1.79 bits per heavy atom. The van der Waals surface area contributed by atoms with E-state index in [-0.39, 0.29) is 12.2 Å². The van der Waals surface area contributed by atoms with Gasteiger partial charge in [0.1, 0.15) is 23.3 Å². The summed E-state index contributed by atoms with van der Waals surface area (Å²) in [4.78, 5) is 16.7. The van der Waals surface area contributed by atoms with E-state index in [1.165, 1.54) is 10.6 Å². The molecule has 12 nitrogen and oxygen atoms in total. The number of nitrogens with one attached hydrogen (secondary N) is 1. The standard InChI is InChI=1S/C22H23ClN6O.C17H16N2O3/c1-2-3-8-20-24-21(23)19(14-30)29(20)13-15-9-11-16(12-10-15)17-6-4-5-7-18(17)22-25-27-28-26-22;1-17(2)16(21)15(19-8-4-3-5-14(19)20)12-9-11(10-18)6-7-13(12)22-17/h4-7,9-12,30H,2-3,8,13-14H2,1H3,(H,25,26,27,28);3-9,15-16,21H,1-2H3. The number of aliphatic hydroxyl groups is 2. The second-order valence-electron chi connectivity index (χ2n) is 13.0. The summed E-state index contributed by atoms with van der Waals surface area (Å²) in [5.41, 5.74) is 4.84. The third kappa shape index (κ3) is 7.52. The van der Waals surface area contributed by atoms with Crippen molar-refractivity contribution in [1.29, 1.82) is 5.26 Å². The number of rotatable bonds is 9. The number of benzene rings is 3. The minimum absolute atomic E-state index is 0.131. The monoisotopic (exact) mass is 718 g/mol. The molecule has 52 heavy (non-hydrogen) atoms. The van der Waals surface area contributed by atoms with Crippen molar-refractivity contribution in [1.82, 2.24) is 34.7 Å². The van der Waals surface area contributed by atoms with E-state index in [0.29, 0.717) is 40.1 Å². The van der Waals surface area contributed by atoms with Gasteiger partial charge in [-0.25, -0.2) is 4.98 Å². The van der Waals surface area contributed by atoms with Crippen LogP contribution in [-0.2, 0) is 19.6 Å². The highest BCUT2D eigenvalue weighted by atomic mass is 35.5. The Kier molecular flexibility index (Phi) is 11.0. The molecule has 2 unspecified atom stereocenters. The zero-order valence-electron chi connectivity index (χ0n) is 29.1. The minimum Gasteiger partial charge on any atom is -0.485 e. The Morgan fingerprint density at radius 1 is 1.04 bits per heavy atom. The highest BCUT2D eigenvalue weighted by Crippen LogP contribution is 2.41. The van der Waals surface area contributed by atoms with Crippen molar-refractivity contribution >= 4 is 11.6 Å². The van der Waals surface area contributed by atoms with Crippen LogP contribution in [0.15, 0.2) is 95.9 Å². The molecule has 0 aliphatic carbocycles. The van der Waals surface area contributed by atoms with Gasteiger partial charge in [-0.3, -0.25) is 4.79 Å². The van der Waals surface area contributed by atoms with Gasteiger partial charge in [-0.2, -0.15) is 10.5 Å². The van der Waals surface area contributed by atoms with Crippen LogP contribution in [0, 0.1) is 11.3 Å². The second-order valence-corrected chi connectivity index (χ2v) is 13.4. The molecule has 1 aliphatic heterocycles. The zero-order chi connectivity index (χ0) is 36.8. The van der Waals surface area contributed by atoms with Crippen LogP contribution in [0.1, 0.15) is 67.9 Å². The third-order valence-corrected chi connectivity index (χ3v) is 9.42. The number of nitriles is 1. The number of fused-ring (bicyclic) bond motifs is 1. The molecule has 266 valence electrons. The van der Waals surface area contributed by atoms with E-state index >= 15 is 0 Å². The van der Waals surface area contributed by atoms with Crippen LogP contribution in [0.4, 0.5) is 0 Å². The number of nitrogens with zero attached hydrogens (tertiary/aromatic N) is 7. The molecule has 3 aromatic heterocycles. The fourth-order valence-electron chi connectivity index (χ4n) is 6.35. The first kappa shape index (κ1) is 36.2. The summed E-state index contributed by atoms with van der Waals surface area (Å²) in [6.45, 7) is 6.18. The number of halogens is 1. The van der Waals surface area contributed by atoms with Gasteiger partial charge in [-0.15, -0.1) is 10.2 Å². The van der Waals surface area contributed by atoms with Crippen LogP contribution in [0.2, 0.25) is 5.15 Å². The van der Waals surface area contributed by atoms with E-state index in [9.17, 15) is 15.0 Å². The van der Waals surface area contributed by atoms with Crippen molar-refractivity contribution in [3.8, 4) is 34.3 Å². The van der Waals surface area contributed by atoms with Crippen LogP contribution in [0.5, 0.6) is 5.75 Å². The average molecular weight is 719 g/mol. The molecule has 0 amide bonds. The lowest BCUT2D eigenvalue weighted by molar-refractivity contribution is -0.0642. The Morgan fingerprint density at radius 3 is 2.46 bits per heavy atom. The van der Waals surface area contributed by atoms with Crippen LogP contribution < -0.4 is 10.3 Å². The predicted molar refractivity (Wildman–Crippen MR) is 197 cm³/mol. The third-order valence-electron chi connectivity index (χ3n) is 9.12. The lowest BCUT2D eigenvalue weighted by atomic mass is 9.85. The van der Waals surface area contributed by atoms with Crippen molar-refractivity contribution in [2.24, 2.45) is 0 Å². The SMILES string of the molecule is CC1(C)Oc2ccc(C#N)cc2C(n2ccccc2=O)C1O.CCCCc1nc(Cl)c(CO)n1Cc1ccc(-c2ccccc2-c2nn[nH]n2)cc1. The molecule has 0 radical (unpaired) electrons. The number of aryl methyl sites for hydroxylation is 1. The number of H-pyrrole nitrogens is 1. The molecule has 13 heteroatoms. The van der Waals surface area contributed by atoms with Gasteiger partial charge in [0.25, 0.3) is 5.56 Å². The number of pyridine rings is 1. The van der Waals surface area contributed by atoms with E-state index in [1.807, 2.05) is 28.8 Å². The maximum atomic E-state index is 12.2. The lowest BCUT2D eigenvalue weighted by Crippen LogP contribution is -2.52. The van der Waals surface area contributed by atoms with Gasteiger partial charge in [0.2, 0.25) is 5.82 Å². The molecule has 0 saturated carbocycles. The van der Waals surface area contributed by atoms with Gasteiger partial charge in [0.15, 0.2) is 5.15 Å². The predicted octanol–water partition coefficient (Wildman–Crippen LogP) is 6.11. The summed E-state index contributed by atoms with van der Waals surface area (Å²) >= 11 is 6.26. The number of tetrazole rings is 1. The quantitative estimate of drug-likeness (QED) is 0.160. The maximum absolute atomic E-state index is 12.2. The number of imidazole rings is 1. The summed E-state index contributed by atoms with van der Waals surface area (Å²) in [7, 11) is 0. The second kappa shape index (κ2) is 15.7. The summed E-state index contributed by atoms with van der Waals surface area (Å²) in [6, 6.07) is 27.7. The molecule has 1 aliphatic rings. The van der Waals surface area contributed by atoms with E-state index in [1.54, 1.807) is 50.4 Å². The Balaban J connectivity index is 0.000000187. The molecule has 2 atom stereocenters. The summed E-state index contributed by atoms with van der Waals surface area (Å²) < 4.78 is 9.36. The van der Waals surface area contributed by atoms with Crippen LogP contribution in [-0.4, -0.2) is 56.7 Å². The molecule has 0 bridgehead atoms. The summed E-state index contributed by atoms with van der Waals surface area (Å²) in [6.07, 6.45) is 3.67. The van der Waals surface area contributed by atoms with Crippen molar-refractivity contribution in [2.45, 2.75) is 70.9 Å². The van der Waals surface area contributed by atoms with E-state index in [2.05, 4.69) is 62.9 Å². The molecule has 0 spiro atoms. The van der Waals surface area contributed by atoms with Gasteiger partial charge in [-0.05, 0) is 66.4 Å². The highest BCUT2D eigenvalue weighted by Gasteiger charge is 2.44. The molecule has 4 heterocycles. The number of hydrogen-bond acceptors (Lipinski definition) is 9. The molecule has 3 N–H and O–H groups in total. The van der Waals surface area contributed by atoms with Crippen LogP contribution in [0.25, 0.3) is 22.5 Å². The molecular formula is C39H39ClN8O4. The van der Waals surface area contributed by atoms with Crippen LogP contribution >= 0.6 is 11.6 Å². The van der Waals surface area contributed by atoms with Crippen molar-refractivity contribution in [2.75, 3.05) is 0 Å². The van der Waals surface area contributed by atoms with Gasteiger partial charge >= 0.3 is 0 Å². The molecule has 0 fully saturated rings. The lowest BCUT2D eigenvalue weighted by Gasteiger charge is -2.42. The number of aromatic amines is 1. The van der Waals surface area contributed by atoms with E-state index in [0.717, 1.165) is 47.3 Å². The van der Waals surface area contributed by atoms with Crippen molar-refractivity contribution in [3.05, 3.63) is 135 Å². The minimum atomic E-state index is -0.922. The van der Waals surface area contributed by atoms with Gasteiger partial charge in [0, 0.05) is 36.4 Å². The van der Waals surface area contributed by atoms with E-state index < -0.39 is 17.7 Å². The number of ether oxygens (including phenoxy) is 1.